The smallest absolute Gasteiger partial charge is 0.243 e. The van der Waals surface area contributed by atoms with Crippen LogP contribution in [0.3, 0.4) is 0 Å². The number of amides is 1. The molecule has 0 N–H and O–H groups in total. The molecule has 0 unspecified atom stereocenters. The first-order valence-corrected chi connectivity index (χ1v) is 9.34. The van der Waals surface area contributed by atoms with Crippen LogP contribution in [-0.4, -0.2) is 54.3 Å². The van der Waals surface area contributed by atoms with Gasteiger partial charge in [0.1, 0.15) is 0 Å². The monoisotopic (exact) mass is 347 g/mol. The number of carbonyl (C=O) groups excluding carboxylic acids is 1. The van der Waals surface area contributed by atoms with Gasteiger partial charge in [-0.3, -0.25) is 4.79 Å². The molecule has 0 spiro atoms. The average molecular weight is 347 g/mol. The molecular formula is C17H21N3O3S. The van der Waals surface area contributed by atoms with E-state index in [1.807, 2.05) is 30.1 Å². The summed E-state index contributed by atoms with van der Waals surface area (Å²) in [5, 5.41) is 0. The molecule has 1 saturated heterocycles. The summed E-state index contributed by atoms with van der Waals surface area (Å²) < 4.78 is 28.5. The Morgan fingerprint density at radius 3 is 2.29 bits per heavy atom. The molecule has 6 nitrogen and oxygen atoms in total. The van der Waals surface area contributed by atoms with Crippen molar-refractivity contribution in [3.63, 3.8) is 0 Å². The molecule has 1 aromatic carbocycles. The lowest BCUT2D eigenvalue weighted by atomic mass is 10.2. The summed E-state index contributed by atoms with van der Waals surface area (Å²) in [4.78, 5) is 14.4. The van der Waals surface area contributed by atoms with Gasteiger partial charge in [-0.2, -0.15) is 4.31 Å². The summed E-state index contributed by atoms with van der Waals surface area (Å²) in [7, 11) is -1.56. The molecule has 0 aliphatic carbocycles. The summed E-state index contributed by atoms with van der Waals surface area (Å²) >= 11 is 0. The third kappa shape index (κ3) is 3.52. The Labute approximate surface area is 142 Å². The van der Waals surface area contributed by atoms with Gasteiger partial charge < -0.3 is 9.47 Å². The van der Waals surface area contributed by atoms with Crippen LogP contribution in [0.15, 0.2) is 53.7 Å². The van der Waals surface area contributed by atoms with Crippen LogP contribution in [0.25, 0.3) is 0 Å². The Morgan fingerprint density at radius 1 is 1.04 bits per heavy atom. The molecule has 1 aromatic heterocycles. The van der Waals surface area contributed by atoms with Gasteiger partial charge in [0.05, 0.1) is 11.3 Å². The molecule has 128 valence electrons. The number of carbonyl (C=O) groups is 1. The normalized spacial score (nSPS) is 16.3. The van der Waals surface area contributed by atoms with Crippen molar-refractivity contribution in [1.29, 1.82) is 0 Å². The molecule has 3 rings (SSSR count). The highest BCUT2D eigenvalue weighted by Crippen LogP contribution is 2.17. The summed E-state index contributed by atoms with van der Waals surface area (Å²) in [5.74, 6) is 0.0398. The van der Waals surface area contributed by atoms with Crippen LogP contribution < -0.4 is 0 Å². The SMILES string of the molecule is Cn1ccc(CC(=O)N2CCN(S(=O)(=O)c3ccccc3)CC2)c1. The Morgan fingerprint density at radius 2 is 1.71 bits per heavy atom. The Hall–Kier alpha value is -2.12. The van der Waals surface area contributed by atoms with Crippen molar-refractivity contribution in [1.82, 2.24) is 13.8 Å². The fraction of sp³-hybridized carbons (Fsp3) is 0.353. The van der Waals surface area contributed by atoms with Crippen molar-refractivity contribution >= 4 is 15.9 Å². The van der Waals surface area contributed by atoms with Gasteiger partial charge in [-0.25, -0.2) is 8.42 Å². The fourth-order valence-electron chi connectivity index (χ4n) is 2.87. The van der Waals surface area contributed by atoms with Crippen LogP contribution in [0.4, 0.5) is 0 Å². The Bertz CT molecular complexity index is 807. The first-order chi connectivity index (χ1) is 11.5. The molecule has 2 aromatic rings. The van der Waals surface area contributed by atoms with Crippen LogP contribution in [0, 0.1) is 0 Å². The second kappa shape index (κ2) is 6.78. The third-order valence-electron chi connectivity index (χ3n) is 4.22. The topological polar surface area (TPSA) is 62.6 Å². The van der Waals surface area contributed by atoms with Crippen LogP contribution in [0.1, 0.15) is 5.56 Å². The zero-order chi connectivity index (χ0) is 17.2. The number of benzene rings is 1. The van der Waals surface area contributed by atoms with E-state index in [1.54, 1.807) is 35.2 Å². The first-order valence-electron chi connectivity index (χ1n) is 7.90. The molecule has 2 heterocycles. The Kier molecular flexibility index (Phi) is 4.73. The molecule has 1 aliphatic heterocycles. The van der Waals surface area contributed by atoms with Crippen LogP contribution in [-0.2, 0) is 28.3 Å². The molecule has 0 saturated carbocycles. The molecule has 1 aliphatic rings. The molecule has 0 radical (unpaired) electrons. The zero-order valence-corrected chi connectivity index (χ0v) is 14.4. The van der Waals surface area contributed by atoms with Gasteiger partial charge in [0.2, 0.25) is 15.9 Å². The number of rotatable bonds is 4. The first kappa shape index (κ1) is 16.7. The van der Waals surface area contributed by atoms with Crippen molar-refractivity contribution in [2.45, 2.75) is 11.3 Å². The lowest BCUT2D eigenvalue weighted by Crippen LogP contribution is -2.50. The maximum atomic E-state index is 12.6. The number of aryl methyl sites for hydroxylation is 1. The van der Waals surface area contributed by atoms with Crippen molar-refractivity contribution in [2.75, 3.05) is 26.2 Å². The van der Waals surface area contributed by atoms with Gasteiger partial charge in [-0.1, -0.05) is 18.2 Å². The fourth-order valence-corrected chi connectivity index (χ4v) is 4.31. The number of nitrogens with zero attached hydrogens (tertiary/aromatic N) is 3. The third-order valence-corrected chi connectivity index (χ3v) is 6.13. The number of hydrogen-bond acceptors (Lipinski definition) is 3. The minimum Gasteiger partial charge on any atom is -0.357 e. The second-order valence-corrected chi connectivity index (χ2v) is 7.90. The maximum absolute atomic E-state index is 12.6. The largest absolute Gasteiger partial charge is 0.357 e. The van der Waals surface area contributed by atoms with Crippen molar-refractivity contribution in [3.8, 4) is 0 Å². The summed E-state index contributed by atoms with van der Waals surface area (Å²) in [5.41, 5.74) is 0.974. The standard InChI is InChI=1S/C17H21N3O3S/c1-18-8-7-15(14-18)13-17(21)19-9-11-20(12-10-19)24(22,23)16-5-3-2-4-6-16/h2-8,14H,9-13H2,1H3. The molecule has 0 bridgehead atoms. The van der Waals surface area contributed by atoms with Gasteiger partial charge in [0.15, 0.2) is 0 Å². The quantitative estimate of drug-likeness (QED) is 0.832. The van der Waals surface area contributed by atoms with Gasteiger partial charge in [0.25, 0.3) is 0 Å². The highest BCUT2D eigenvalue weighted by molar-refractivity contribution is 7.89. The summed E-state index contributed by atoms with van der Waals surface area (Å²) in [6.45, 7) is 1.52. The van der Waals surface area contributed by atoms with Gasteiger partial charge in [0, 0.05) is 45.6 Å². The van der Waals surface area contributed by atoms with E-state index in [9.17, 15) is 13.2 Å². The van der Waals surface area contributed by atoms with E-state index in [-0.39, 0.29) is 5.91 Å². The van der Waals surface area contributed by atoms with E-state index in [0.717, 1.165) is 5.56 Å². The number of piperazine rings is 1. The van der Waals surface area contributed by atoms with Crippen LogP contribution in [0.5, 0.6) is 0 Å². The maximum Gasteiger partial charge on any atom is 0.243 e. The zero-order valence-electron chi connectivity index (χ0n) is 13.6. The van der Waals surface area contributed by atoms with E-state index in [1.165, 1.54) is 4.31 Å². The Balaban J connectivity index is 1.60. The predicted octanol–water partition coefficient (Wildman–Crippen LogP) is 1.10. The molecular weight excluding hydrogens is 326 g/mol. The van der Waals surface area contributed by atoms with E-state index < -0.39 is 10.0 Å². The minimum absolute atomic E-state index is 0.0398. The number of aromatic nitrogens is 1. The summed E-state index contributed by atoms with van der Waals surface area (Å²) in [6, 6.07) is 10.3. The van der Waals surface area contributed by atoms with E-state index in [0.29, 0.717) is 37.5 Å². The predicted molar refractivity (Wildman–Crippen MR) is 90.9 cm³/mol. The minimum atomic E-state index is -3.47. The van der Waals surface area contributed by atoms with Gasteiger partial charge in [-0.05, 0) is 23.8 Å². The van der Waals surface area contributed by atoms with Crippen LogP contribution in [0.2, 0.25) is 0 Å². The van der Waals surface area contributed by atoms with E-state index in [2.05, 4.69) is 0 Å². The van der Waals surface area contributed by atoms with Gasteiger partial charge >= 0.3 is 0 Å². The van der Waals surface area contributed by atoms with Crippen LogP contribution >= 0.6 is 0 Å². The molecule has 0 atom stereocenters. The number of hydrogen-bond donors (Lipinski definition) is 0. The van der Waals surface area contributed by atoms with Gasteiger partial charge in [-0.15, -0.1) is 0 Å². The highest BCUT2D eigenvalue weighted by Gasteiger charge is 2.29. The lowest BCUT2D eigenvalue weighted by Gasteiger charge is -2.34. The average Bonchev–Trinajstić information content (AvgIpc) is 3.00. The molecule has 7 heteroatoms. The van der Waals surface area contributed by atoms with Crippen molar-refractivity contribution in [2.24, 2.45) is 7.05 Å². The van der Waals surface area contributed by atoms with E-state index >= 15 is 0 Å². The molecule has 1 amide bonds. The lowest BCUT2D eigenvalue weighted by molar-refractivity contribution is -0.131. The number of sulfonamides is 1. The molecule has 24 heavy (non-hydrogen) atoms. The second-order valence-electron chi connectivity index (χ2n) is 5.96. The highest BCUT2D eigenvalue weighted by atomic mass is 32.2. The van der Waals surface area contributed by atoms with Crippen molar-refractivity contribution < 1.29 is 13.2 Å². The summed E-state index contributed by atoms with van der Waals surface area (Å²) in [6.07, 6.45) is 4.19. The van der Waals surface area contributed by atoms with Crippen molar-refractivity contribution in [3.05, 3.63) is 54.4 Å². The molecule has 1 fully saturated rings. The van der Waals surface area contributed by atoms with E-state index in [4.69, 9.17) is 0 Å².